The van der Waals surface area contributed by atoms with Crippen molar-refractivity contribution in [2.45, 2.75) is 38.5 Å². The number of alkyl carbamates (subject to hydrolysis) is 1. The molecule has 7 heteroatoms. The molecule has 0 aromatic carbocycles. The van der Waals surface area contributed by atoms with Gasteiger partial charge in [0.25, 0.3) is 0 Å². The van der Waals surface area contributed by atoms with E-state index < -0.39 is 17.8 Å². The maximum atomic E-state index is 12.1. The monoisotopic (exact) mass is 272 g/mol. The third-order valence-corrected chi connectivity index (χ3v) is 2.93. The third-order valence-electron chi connectivity index (χ3n) is 2.93. The lowest BCUT2D eigenvalue weighted by molar-refractivity contribution is -0.0599. The number of morpholine rings is 1. The number of carbonyl (C=O) groups is 2. The second-order valence-corrected chi connectivity index (χ2v) is 5.64. The van der Waals surface area contributed by atoms with Crippen LogP contribution in [0.3, 0.4) is 0 Å². The summed E-state index contributed by atoms with van der Waals surface area (Å²) in [4.78, 5) is 24.8. The highest BCUT2D eigenvalue weighted by molar-refractivity contribution is 5.71. The van der Waals surface area contributed by atoms with Crippen LogP contribution in [0.2, 0.25) is 0 Å². The van der Waals surface area contributed by atoms with Crippen LogP contribution >= 0.6 is 0 Å². The minimum Gasteiger partial charge on any atom is -0.444 e. The first-order valence-electron chi connectivity index (χ1n) is 6.39. The van der Waals surface area contributed by atoms with Gasteiger partial charge in [0.1, 0.15) is 11.7 Å². The van der Waals surface area contributed by atoms with Crippen LogP contribution in [-0.4, -0.2) is 61.1 Å². The Morgan fingerprint density at radius 3 is 2.79 bits per heavy atom. The summed E-state index contributed by atoms with van der Waals surface area (Å²) in [5.41, 5.74) is -0.551. The van der Waals surface area contributed by atoms with Crippen LogP contribution < -0.4 is 5.32 Å². The molecule has 0 aromatic rings. The zero-order chi connectivity index (χ0) is 14.0. The second kappa shape index (κ2) is 5.24. The van der Waals surface area contributed by atoms with Crippen LogP contribution in [0.5, 0.6) is 0 Å². The molecule has 19 heavy (non-hydrogen) atoms. The molecule has 0 aromatic heterocycles. The van der Waals surface area contributed by atoms with Crippen LogP contribution in [0.4, 0.5) is 9.59 Å². The van der Waals surface area contributed by atoms with Gasteiger partial charge in [-0.25, -0.2) is 9.59 Å². The van der Waals surface area contributed by atoms with Gasteiger partial charge in [0.2, 0.25) is 0 Å². The quantitative estimate of drug-likeness (QED) is 0.761. The molecule has 2 amide bonds. The van der Waals surface area contributed by atoms with Crippen molar-refractivity contribution in [2.75, 3.05) is 26.3 Å². The van der Waals surface area contributed by atoms with E-state index in [0.717, 1.165) is 0 Å². The molecule has 1 N–H and O–H groups in total. The molecule has 0 bridgehead atoms. The highest BCUT2D eigenvalue weighted by Gasteiger charge is 2.40. The molecule has 2 unspecified atom stereocenters. The molecular weight excluding hydrogens is 252 g/mol. The molecule has 0 saturated carbocycles. The Morgan fingerprint density at radius 2 is 2.21 bits per heavy atom. The summed E-state index contributed by atoms with van der Waals surface area (Å²) in [5.74, 6) is 0. The van der Waals surface area contributed by atoms with E-state index in [1.54, 1.807) is 4.90 Å². The normalized spacial score (nSPS) is 27.7. The van der Waals surface area contributed by atoms with Crippen molar-refractivity contribution in [1.82, 2.24) is 10.2 Å². The van der Waals surface area contributed by atoms with Gasteiger partial charge in [-0.1, -0.05) is 0 Å². The smallest absolute Gasteiger partial charge is 0.410 e. The summed E-state index contributed by atoms with van der Waals surface area (Å²) in [7, 11) is 0. The maximum Gasteiger partial charge on any atom is 0.410 e. The number of nitrogens with one attached hydrogen (secondary N) is 1. The predicted molar refractivity (Wildman–Crippen MR) is 65.8 cm³/mol. The average molecular weight is 272 g/mol. The standard InChI is InChI=1S/C12H20N2O5/c1-12(2,3)19-11(16)14-4-5-17-7-8(14)9-6-13-10(15)18-9/h8-9H,4-7H2,1-3H3,(H,13,15). The van der Waals surface area contributed by atoms with Crippen molar-refractivity contribution in [1.29, 1.82) is 0 Å². The molecule has 2 atom stereocenters. The van der Waals surface area contributed by atoms with Crippen molar-refractivity contribution in [3.63, 3.8) is 0 Å². The van der Waals surface area contributed by atoms with Crippen molar-refractivity contribution in [3.05, 3.63) is 0 Å². The van der Waals surface area contributed by atoms with Gasteiger partial charge in [-0.3, -0.25) is 4.90 Å². The van der Waals surface area contributed by atoms with Crippen LogP contribution in [0, 0.1) is 0 Å². The van der Waals surface area contributed by atoms with Crippen molar-refractivity contribution in [2.24, 2.45) is 0 Å². The number of hydrogen-bond donors (Lipinski definition) is 1. The average Bonchev–Trinajstić information content (AvgIpc) is 2.73. The number of amides is 2. The van der Waals surface area contributed by atoms with E-state index in [4.69, 9.17) is 14.2 Å². The van der Waals surface area contributed by atoms with E-state index in [-0.39, 0.29) is 12.1 Å². The van der Waals surface area contributed by atoms with Gasteiger partial charge in [0.05, 0.1) is 25.8 Å². The van der Waals surface area contributed by atoms with Crippen molar-refractivity contribution >= 4 is 12.2 Å². The molecule has 0 spiro atoms. The van der Waals surface area contributed by atoms with Gasteiger partial charge in [-0.15, -0.1) is 0 Å². The molecule has 0 radical (unpaired) electrons. The fourth-order valence-corrected chi connectivity index (χ4v) is 2.10. The molecule has 2 heterocycles. The zero-order valence-corrected chi connectivity index (χ0v) is 11.5. The zero-order valence-electron chi connectivity index (χ0n) is 11.5. The lowest BCUT2D eigenvalue weighted by atomic mass is 10.1. The van der Waals surface area contributed by atoms with Crippen molar-refractivity contribution in [3.8, 4) is 0 Å². The Balaban J connectivity index is 2.03. The van der Waals surface area contributed by atoms with Gasteiger partial charge < -0.3 is 19.5 Å². The van der Waals surface area contributed by atoms with Gasteiger partial charge >= 0.3 is 12.2 Å². The SMILES string of the molecule is CC(C)(C)OC(=O)N1CCOCC1C1CNC(=O)O1. The number of rotatable bonds is 1. The first kappa shape index (κ1) is 13.9. The van der Waals surface area contributed by atoms with E-state index >= 15 is 0 Å². The number of ether oxygens (including phenoxy) is 3. The third kappa shape index (κ3) is 3.50. The van der Waals surface area contributed by atoms with Gasteiger partial charge in [0, 0.05) is 6.54 Å². The van der Waals surface area contributed by atoms with Crippen LogP contribution in [0.15, 0.2) is 0 Å². The lowest BCUT2D eigenvalue weighted by Gasteiger charge is -2.38. The number of cyclic esters (lactones) is 1. The highest BCUT2D eigenvalue weighted by atomic mass is 16.6. The van der Waals surface area contributed by atoms with Gasteiger partial charge in [0.15, 0.2) is 0 Å². The van der Waals surface area contributed by atoms with E-state index in [0.29, 0.717) is 26.3 Å². The fourth-order valence-electron chi connectivity index (χ4n) is 2.10. The first-order valence-corrected chi connectivity index (χ1v) is 6.39. The highest BCUT2D eigenvalue weighted by Crippen LogP contribution is 2.19. The Bertz CT molecular complexity index is 366. The van der Waals surface area contributed by atoms with Crippen LogP contribution in [0.1, 0.15) is 20.8 Å². The number of nitrogens with zero attached hydrogens (tertiary/aromatic N) is 1. The molecule has 2 aliphatic heterocycles. The Morgan fingerprint density at radius 1 is 1.47 bits per heavy atom. The summed E-state index contributed by atoms with van der Waals surface area (Å²) < 4.78 is 15.9. The van der Waals surface area contributed by atoms with Crippen LogP contribution in [-0.2, 0) is 14.2 Å². The molecule has 2 rings (SSSR count). The predicted octanol–water partition coefficient (Wildman–Crippen LogP) is 0.731. The summed E-state index contributed by atoms with van der Waals surface area (Å²) in [6, 6.07) is -0.303. The van der Waals surface area contributed by atoms with Crippen LogP contribution in [0.25, 0.3) is 0 Å². The molecule has 0 aliphatic carbocycles. The van der Waals surface area contributed by atoms with E-state index in [1.807, 2.05) is 20.8 Å². The largest absolute Gasteiger partial charge is 0.444 e. The summed E-state index contributed by atoms with van der Waals surface area (Å²) in [6.45, 7) is 7.08. The molecule has 2 fully saturated rings. The number of hydrogen-bond acceptors (Lipinski definition) is 5. The van der Waals surface area contributed by atoms with Gasteiger partial charge in [-0.05, 0) is 20.8 Å². The fraction of sp³-hybridized carbons (Fsp3) is 0.833. The molecule has 7 nitrogen and oxygen atoms in total. The lowest BCUT2D eigenvalue weighted by Crippen LogP contribution is -2.56. The van der Waals surface area contributed by atoms with E-state index in [1.165, 1.54) is 0 Å². The summed E-state index contributed by atoms with van der Waals surface area (Å²) in [6.07, 6.45) is -1.25. The molecular formula is C12H20N2O5. The summed E-state index contributed by atoms with van der Waals surface area (Å²) in [5, 5.41) is 2.58. The minimum absolute atomic E-state index is 0.303. The molecule has 108 valence electrons. The Labute approximate surface area is 112 Å². The van der Waals surface area contributed by atoms with Gasteiger partial charge in [-0.2, -0.15) is 0 Å². The Hall–Kier alpha value is -1.50. The van der Waals surface area contributed by atoms with Crippen molar-refractivity contribution < 1.29 is 23.8 Å². The molecule has 2 saturated heterocycles. The Kier molecular flexibility index (Phi) is 3.84. The second-order valence-electron chi connectivity index (χ2n) is 5.64. The summed E-state index contributed by atoms with van der Waals surface area (Å²) >= 11 is 0. The van der Waals surface area contributed by atoms with E-state index in [2.05, 4.69) is 5.32 Å². The van der Waals surface area contributed by atoms with E-state index in [9.17, 15) is 9.59 Å². The molecule has 2 aliphatic rings. The topological polar surface area (TPSA) is 77.1 Å². The minimum atomic E-state index is -0.551. The maximum absolute atomic E-state index is 12.1. The first-order chi connectivity index (χ1) is 8.87. The number of carbonyl (C=O) groups excluding carboxylic acids is 2.